The van der Waals surface area contributed by atoms with Crippen LogP contribution in [0.25, 0.3) is 0 Å². The third-order valence-corrected chi connectivity index (χ3v) is 3.41. The third kappa shape index (κ3) is 2.34. The van der Waals surface area contributed by atoms with Gasteiger partial charge in [-0.05, 0) is 26.2 Å². The summed E-state index contributed by atoms with van der Waals surface area (Å²) in [5, 5.41) is 8.07. The zero-order chi connectivity index (χ0) is 12.3. The highest BCUT2D eigenvalue weighted by Gasteiger charge is 2.40. The van der Waals surface area contributed by atoms with Crippen LogP contribution >= 0.6 is 0 Å². The van der Waals surface area contributed by atoms with Gasteiger partial charge in [-0.3, -0.25) is 5.84 Å². The molecular weight excluding hydrogens is 218 g/mol. The molecular formula is C11H21N5O. The number of hydrazine groups is 1. The van der Waals surface area contributed by atoms with Gasteiger partial charge in [0.05, 0.1) is 23.5 Å². The molecule has 1 aliphatic rings. The van der Waals surface area contributed by atoms with Crippen molar-refractivity contribution in [1.29, 1.82) is 0 Å². The van der Waals surface area contributed by atoms with Crippen molar-refractivity contribution in [3.63, 3.8) is 0 Å². The van der Waals surface area contributed by atoms with Gasteiger partial charge in [-0.2, -0.15) is 0 Å². The van der Waals surface area contributed by atoms with Gasteiger partial charge < -0.3 is 4.74 Å². The molecule has 1 fully saturated rings. The molecule has 96 valence electrons. The number of rotatable bonds is 5. The molecule has 1 aliphatic heterocycles. The normalized spacial score (nSPS) is 26.3. The van der Waals surface area contributed by atoms with E-state index in [-0.39, 0.29) is 11.6 Å². The number of hydrogen-bond donors (Lipinski definition) is 2. The molecule has 0 spiro atoms. The molecule has 3 N–H and O–H groups in total. The second kappa shape index (κ2) is 5.12. The standard InChI is InChI=1S/C11H21N5O/c1-3-6-16-9(8-13-15-16)10(14-12)11(2)5-4-7-17-11/h8,10,14H,3-7,12H2,1-2H3. The zero-order valence-corrected chi connectivity index (χ0v) is 10.5. The number of hydrogen-bond acceptors (Lipinski definition) is 5. The van der Waals surface area contributed by atoms with Crippen molar-refractivity contribution in [2.75, 3.05) is 6.61 Å². The van der Waals surface area contributed by atoms with E-state index in [0.717, 1.165) is 38.1 Å². The van der Waals surface area contributed by atoms with E-state index in [4.69, 9.17) is 10.6 Å². The van der Waals surface area contributed by atoms with Crippen molar-refractivity contribution < 1.29 is 4.74 Å². The van der Waals surface area contributed by atoms with Crippen LogP contribution in [0.2, 0.25) is 0 Å². The summed E-state index contributed by atoms with van der Waals surface area (Å²) in [6, 6.07) is -0.0634. The van der Waals surface area contributed by atoms with Crippen LogP contribution in [-0.4, -0.2) is 27.2 Å². The first-order valence-electron chi connectivity index (χ1n) is 6.19. The van der Waals surface area contributed by atoms with E-state index in [2.05, 4.69) is 29.6 Å². The van der Waals surface area contributed by atoms with Gasteiger partial charge in [0.1, 0.15) is 0 Å². The molecule has 0 aromatic carbocycles. The number of aromatic nitrogens is 3. The Hall–Kier alpha value is -0.980. The fraction of sp³-hybridized carbons (Fsp3) is 0.818. The summed E-state index contributed by atoms with van der Waals surface area (Å²) in [5.74, 6) is 5.70. The first-order valence-corrected chi connectivity index (χ1v) is 6.19. The molecule has 2 rings (SSSR count). The van der Waals surface area contributed by atoms with E-state index in [9.17, 15) is 0 Å². The maximum Gasteiger partial charge on any atom is 0.0932 e. The highest BCUT2D eigenvalue weighted by molar-refractivity contribution is 5.10. The van der Waals surface area contributed by atoms with Crippen LogP contribution in [0.1, 0.15) is 44.8 Å². The van der Waals surface area contributed by atoms with E-state index < -0.39 is 0 Å². The summed E-state index contributed by atoms with van der Waals surface area (Å²) in [6.45, 7) is 5.85. The van der Waals surface area contributed by atoms with Crippen molar-refractivity contribution in [3.05, 3.63) is 11.9 Å². The van der Waals surface area contributed by atoms with E-state index in [1.165, 1.54) is 0 Å². The summed E-state index contributed by atoms with van der Waals surface area (Å²) in [6.07, 6.45) is 4.86. The van der Waals surface area contributed by atoms with E-state index in [0.29, 0.717) is 0 Å². The maximum atomic E-state index is 5.84. The largest absolute Gasteiger partial charge is 0.373 e. The van der Waals surface area contributed by atoms with Crippen LogP contribution < -0.4 is 11.3 Å². The molecule has 1 aromatic rings. The summed E-state index contributed by atoms with van der Waals surface area (Å²) >= 11 is 0. The van der Waals surface area contributed by atoms with E-state index in [1.54, 1.807) is 6.20 Å². The molecule has 1 saturated heterocycles. The molecule has 2 unspecified atom stereocenters. The highest BCUT2D eigenvalue weighted by atomic mass is 16.5. The lowest BCUT2D eigenvalue weighted by molar-refractivity contribution is -0.0149. The number of ether oxygens (including phenoxy) is 1. The summed E-state index contributed by atoms with van der Waals surface area (Å²) in [7, 11) is 0. The lowest BCUT2D eigenvalue weighted by Crippen LogP contribution is -2.45. The molecule has 0 amide bonds. The van der Waals surface area contributed by atoms with Crippen LogP contribution in [0.15, 0.2) is 6.20 Å². The van der Waals surface area contributed by atoms with Gasteiger partial charge in [0, 0.05) is 13.2 Å². The smallest absolute Gasteiger partial charge is 0.0932 e. The fourth-order valence-electron chi connectivity index (χ4n) is 2.48. The Morgan fingerprint density at radius 2 is 2.53 bits per heavy atom. The Morgan fingerprint density at radius 1 is 1.71 bits per heavy atom. The van der Waals surface area contributed by atoms with Crippen molar-refractivity contribution in [3.8, 4) is 0 Å². The second-order valence-electron chi connectivity index (χ2n) is 4.75. The fourth-order valence-corrected chi connectivity index (χ4v) is 2.48. The van der Waals surface area contributed by atoms with Gasteiger partial charge >= 0.3 is 0 Å². The van der Waals surface area contributed by atoms with Crippen molar-refractivity contribution in [1.82, 2.24) is 20.4 Å². The molecule has 0 saturated carbocycles. The van der Waals surface area contributed by atoms with Gasteiger partial charge in [-0.25, -0.2) is 10.1 Å². The minimum absolute atomic E-state index is 0.0634. The molecule has 0 radical (unpaired) electrons. The Kier molecular flexibility index (Phi) is 3.76. The van der Waals surface area contributed by atoms with Gasteiger partial charge in [0.2, 0.25) is 0 Å². The number of nitrogens with zero attached hydrogens (tertiary/aromatic N) is 3. The highest BCUT2D eigenvalue weighted by Crippen LogP contribution is 2.36. The molecule has 0 bridgehead atoms. The predicted molar refractivity (Wildman–Crippen MR) is 64.0 cm³/mol. The topological polar surface area (TPSA) is 78.0 Å². The monoisotopic (exact) mass is 239 g/mol. The molecule has 1 aromatic heterocycles. The Bertz CT molecular complexity index is 358. The minimum Gasteiger partial charge on any atom is -0.373 e. The third-order valence-electron chi connectivity index (χ3n) is 3.41. The molecule has 6 nitrogen and oxygen atoms in total. The average Bonchev–Trinajstić information content (AvgIpc) is 2.91. The van der Waals surface area contributed by atoms with Gasteiger partial charge in [-0.15, -0.1) is 5.10 Å². The van der Waals surface area contributed by atoms with Crippen molar-refractivity contribution >= 4 is 0 Å². The van der Waals surface area contributed by atoms with Crippen LogP contribution in [0.4, 0.5) is 0 Å². The Balaban J connectivity index is 2.25. The lowest BCUT2D eigenvalue weighted by atomic mass is 9.91. The summed E-state index contributed by atoms with van der Waals surface area (Å²) in [4.78, 5) is 0. The SMILES string of the molecule is CCCn1nncc1C(NN)C1(C)CCCO1. The number of nitrogens with one attached hydrogen (secondary N) is 1. The maximum absolute atomic E-state index is 5.84. The molecule has 2 atom stereocenters. The first-order chi connectivity index (χ1) is 8.21. The van der Waals surface area contributed by atoms with Gasteiger partial charge in [0.25, 0.3) is 0 Å². The van der Waals surface area contributed by atoms with Crippen LogP contribution in [-0.2, 0) is 11.3 Å². The zero-order valence-electron chi connectivity index (χ0n) is 10.5. The number of aryl methyl sites for hydroxylation is 1. The molecule has 17 heavy (non-hydrogen) atoms. The van der Waals surface area contributed by atoms with Crippen LogP contribution in [0.3, 0.4) is 0 Å². The van der Waals surface area contributed by atoms with Crippen LogP contribution in [0.5, 0.6) is 0 Å². The lowest BCUT2D eigenvalue weighted by Gasteiger charge is -2.32. The average molecular weight is 239 g/mol. The predicted octanol–water partition coefficient (Wildman–Crippen LogP) is 0.762. The molecule has 0 aliphatic carbocycles. The molecule has 6 heteroatoms. The summed E-state index contributed by atoms with van der Waals surface area (Å²) < 4.78 is 7.74. The Morgan fingerprint density at radius 3 is 3.12 bits per heavy atom. The molecule has 2 heterocycles. The van der Waals surface area contributed by atoms with Gasteiger partial charge in [0.15, 0.2) is 0 Å². The summed E-state index contributed by atoms with van der Waals surface area (Å²) in [5.41, 5.74) is 3.60. The Labute approximate surface area is 101 Å². The van der Waals surface area contributed by atoms with Crippen LogP contribution in [0, 0.1) is 0 Å². The second-order valence-corrected chi connectivity index (χ2v) is 4.75. The first kappa shape index (κ1) is 12.5. The quantitative estimate of drug-likeness (QED) is 0.586. The number of nitrogens with two attached hydrogens (primary N) is 1. The van der Waals surface area contributed by atoms with Crippen molar-refractivity contribution in [2.24, 2.45) is 5.84 Å². The van der Waals surface area contributed by atoms with E-state index >= 15 is 0 Å². The van der Waals surface area contributed by atoms with Crippen molar-refractivity contribution in [2.45, 2.75) is 51.3 Å². The van der Waals surface area contributed by atoms with Gasteiger partial charge in [-0.1, -0.05) is 12.1 Å². The van der Waals surface area contributed by atoms with E-state index in [1.807, 2.05) is 4.68 Å². The minimum atomic E-state index is -0.262.